The van der Waals surface area contributed by atoms with Gasteiger partial charge in [0.15, 0.2) is 5.82 Å². The lowest BCUT2D eigenvalue weighted by Crippen LogP contribution is -2.31. The number of nitrogens with zero attached hydrogens (tertiary/aromatic N) is 4. The van der Waals surface area contributed by atoms with Crippen LogP contribution in [0.25, 0.3) is 0 Å². The van der Waals surface area contributed by atoms with Crippen LogP contribution in [0.4, 0.5) is 11.5 Å². The van der Waals surface area contributed by atoms with E-state index in [0.29, 0.717) is 18.9 Å². The van der Waals surface area contributed by atoms with Crippen LogP contribution in [0.3, 0.4) is 0 Å². The number of nitriles is 1. The molecule has 0 aliphatic heterocycles. The third-order valence-electron chi connectivity index (χ3n) is 2.96. The minimum atomic E-state index is 0.502. The summed E-state index contributed by atoms with van der Waals surface area (Å²) in [5.74, 6) is 1.49. The Morgan fingerprint density at radius 1 is 1.47 bits per heavy atom. The van der Waals surface area contributed by atoms with E-state index in [1.54, 1.807) is 0 Å². The van der Waals surface area contributed by atoms with Gasteiger partial charge in [0.25, 0.3) is 0 Å². The SMILES string of the molecule is CCCn1nc(C)c(N)c1N(CCC#N)CC(C)C. The minimum absolute atomic E-state index is 0.502. The molecule has 19 heavy (non-hydrogen) atoms. The van der Waals surface area contributed by atoms with Crippen LogP contribution in [0.2, 0.25) is 0 Å². The summed E-state index contributed by atoms with van der Waals surface area (Å²) < 4.78 is 1.98. The molecule has 5 nitrogen and oxygen atoms in total. The summed E-state index contributed by atoms with van der Waals surface area (Å²) in [4.78, 5) is 2.19. The number of nitrogens with two attached hydrogens (primary N) is 1. The van der Waals surface area contributed by atoms with Crippen molar-refractivity contribution in [3.63, 3.8) is 0 Å². The van der Waals surface area contributed by atoms with Gasteiger partial charge in [0.1, 0.15) is 0 Å². The third kappa shape index (κ3) is 3.88. The van der Waals surface area contributed by atoms with E-state index in [1.807, 2.05) is 11.6 Å². The summed E-state index contributed by atoms with van der Waals surface area (Å²) in [6.45, 7) is 10.8. The van der Waals surface area contributed by atoms with E-state index in [1.165, 1.54) is 0 Å². The van der Waals surface area contributed by atoms with Gasteiger partial charge < -0.3 is 10.6 Å². The highest BCUT2D eigenvalue weighted by Crippen LogP contribution is 2.27. The Labute approximate surface area is 116 Å². The molecule has 2 N–H and O–H groups in total. The molecule has 0 saturated carbocycles. The molecule has 0 aliphatic carbocycles. The lowest BCUT2D eigenvalue weighted by Gasteiger charge is -2.26. The predicted octanol–water partition coefficient (Wildman–Crippen LogP) is 2.56. The fourth-order valence-corrected chi connectivity index (χ4v) is 2.19. The molecule has 0 unspecified atom stereocenters. The first-order chi connectivity index (χ1) is 9.01. The maximum atomic E-state index is 8.81. The number of anilines is 2. The van der Waals surface area contributed by atoms with Crippen LogP contribution in [-0.2, 0) is 6.54 Å². The number of aryl methyl sites for hydroxylation is 2. The topological polar surface area (TPSA) is 70.9 Å². The minimum Gasteiger partial charge on any atom is -0.394 e. The fraction of sp³-hybridized carbons (Fsp3) is 0.714. The largest absolute Gasteiger partial charge is 0.394 e. The quantitative estimate of drug-likeness (QED) is 0.820. The second kappa shape index (κ2) is 7.03. The van der Waals surface area contributed by atoms with Crippen LogP contribution in [-0.4, -0.2) is 22.9 Å². The highest BCUT2D eigenvalue weighted by Gasteiger charge is 2.19. The Morgan fingerprint density at radius 2 is 2.16 bits per heavy atom. The van der Waals surface area contributed by atoms with Crippen molar-refractivity contribution in [1.82, 2.24) is 9.78 Å². The second-order valence-electron chi connectivity index (χ2n) is 5.29. The number of rotatable bonds is 7. The van der Waals surface area contributed by atoms with Crippen molar-refractivity contribution in [2.24, 2.45) is 5.92 Å². The van der Waals surface area contributed by atoms with E-state index in [4.69, 9.17) is 11.0 Å². The molecule has 0 aliphatic rings. The number of nitrogen functional groups attached to an aromatic ring is 1. The zero-order valence-corrected chi connectivity index (χ0v) is 12.5. The van der Waals surface area contributed by atoms with Crippen LogP contribution < -0.4 is 10.6 Å². The standard InChI is InChI=1S/C14H25N5/c1-5-8-19-14(13(16)12(4)17-19)18(9-6-7-15)10-11(2)3/h11H,5-6,8-10,16H2,1-4H3. The van der Waals surface area contributed by atoms with Gasteiger partial charge in [-0.1, -0.05) is 20.8 Å². The highest BCUT2D eigenvalue weighted by molar-refractivity contribution is 5.66. The first-order valence-corrected chi connectivity index (χ1v) is 6.96. The van der Waals surface area contributed by atoms with Crippen molar-refractivity contribution in [3.05, 3.63) is 5.69 Å². The molecular weight excluding hydrogens is 238 g/mol. The molecule has 0 amide bonds. The van der Waals surface area contributed by atoms with Crippen LogP contribution >= 0.6 is 0 Å². The maximum Gasteiger partial charge on any atom is 0.150 e. The normalized spacial score (nSPS) is 10.7. The number of hydrogen-bond acceptors (Lipinski definition) is 4. The van der Waals surface area contributed by atoms with Gasteiger partial charge in [-0.25, -0.2) is 4.68 Å². The zero-order valence-electron chi connectivity index (χ0n) is 12.5. The molecule has 0 atom stereocenters. The summed E-state index contributed by atoms with van der Waals surface area (Å²) in [5, 5.41) is 13.3. The summed E-state index contributed by atoms with van der Waals surface area (Å²) >= 11 is 0. The third-order valence-corrected chi connectivity index (χ3v) is 2.96. The second-order valence-corrected chi connectivity index (χ2v) is 5.29. The van der Waals surface area contributed by atoms with Gasteiger partial charge in [0, 0.05) is 19.6 Å². The zero-order chi connectivity index (χ0) is 14.4. The van der Waals surface area contributed by atoms with E-state index >= 15 is 0 Å². The molecule has 5 heteroatoms. The van der Waals surface area contributed by atoms with E-state index < -0.39 is 0 Å². The highest BCUT2D eigenvalue weighted by atomic mass is 15.4. The molecular formula is C14H25N5. The molecule has 0 fully saturated rings. The van der Waals surface area contributed by atoms with E-state index in [-0.39, 0.29) is 0 Å². The molecule has 0 saturated heterocycles. The van der Waals surface area contributed by atoms with Gasteiger partial charge in [-0.2, -0.15) is 10.4 Å². The Hall–Kier alpha value is -1.70. The van der Waals surface area contributed by atoms with Crippen molar-refractivity contribution >= 4 is 11.5 Å². The van der Waals surface area contributed by atoms with Gasteiger partial charge in [-0.05, 0) is 19.3 Å². The van der Waals surface area contributed by atoms with Crippen molar-refractivity contribution < 1.29 is 0 Å². The Bertz CT molecular complexity index is 441. The predicted molar refractivity (Wildman–Crippen MR) is 78.9 cm³/mol. The lowest BCUT2D eigenvalue weighted by atomic mass is 10.2. The summed E-state index contributed by atoms with van der Waals surface area (Å²) in [5.41, 5.74) is 7.79. The first kappa shape index (κ1) is 15.4. The van der Waals surface area contributed by atoms with Gasteiger partial charge in [0.2, 0.25) is 0 Å². The van der Waals surface area contributed by atoms with Crippen molar-refractivity contribution in [3.8, 4) is 6.07 Å². The molecule has 106 valence electrons. The Kier molecular flexibility index (Phi) is 5.68. The maximum absolute atomic E-state index is 8.81. The number of hydrogen-bond donors (Lipinski definition) is 1. The van der Waals surface area contributed by atoms with Crippen LogP contribution in [0.5, 0.6) is 0 Å². The molecule has 0 aromatic carbocycles. The Balaban J connectivity index is 3.08. The van der Waals surface area contributed by atoms with E-state index in [9.17, 15) is 0 Å². The average Bonchev–Trinajstić information content (AvgIpc) is 2.61. The van der Waals surface area contributed by atoms with E-state index in [0.717, 1.165) is 36.7 Å². The van der Waals surface area contributed by atoms with Gasteiger partial charge in [-0.3, -0.25) is 0 Å². The molecule has 0 bridgehead atoms. The van der Waals surface area contributed by atoms with Crippen molar-refractivity contribution in [2.75, 3.05) is 23.7 Å². The van der Waals surface area contributed by atoms with Gasteiger partial charge >= 0.3 is 0 Å². The van der Waals surface area contributed by atoms with Crippen LogP contribution in [0.15, 0.2) is 0 Å². The summed E-state index contributed by atoms with van der Waals surface area (Å²) in [6.07, 6.45) is 1.52. The fourth-order valence-electron chi connectivity index (χ4n) is 2.19. The molecule has 1 rings (SSSR count). The Morgan fingerprint density at radius 3 is 2.68 bits per heavy atom. The molecule has 1 aromatic rings. The van der Waals surface area contributed by atoms with Crippen LogP contribution in [0.1, 0.15) is 39.3 Å². The first-order valence-electron chi connectivity index (χ1n) is 6.96. The summed E-state index contributed by atoms with van der Waals surface area (Å²) in [7, 11) is 0. The smallest absolute Gasteiger partial charge is 0.150 e. The molecule has 0 radical (unpaired) electrons. The average molecular weight is 263 g/mol. The van der Waals surface area contributed by atoms with Gasteiger partial charge in [0.05, 0.1) is 23.9 Å². The number of aromatic nitrogens is 2. The van der Waals surface area contributed by atoms with Gasteiger partial charge in [-0.15, -0.1) is 0 Å². The lowest BCUT2D eigenvalue weighted by molar-refractivity contribution is 0.557. The molecule has 0 spiro atoms. The van der Waals surface area contributed by atoms with Crippen LogP contribution in [0, 0.1) is 24.2 Å². The van der Waals surface area contributed by atoms with Crippen molar-refractivity contribution in [1.29, 1.82) is 5.26 Å². The summed E-state index contributed by atoms with van der Waals surface area (Å²) in [6, 6.07) is 2.21. The monoisotopic (exact) mass is 263 g/mol. The molecule has 1 heterocycles. The van der Waals surface area contributed by atoms with E-state index in [2.05, 4.69) is 36.8 Å². The van der Waals surface area contributed by atoms with Crippen molar-refractivity contribution in [2.45, 2.75) is 47.1 Å². The molecule has 1 aromatic heterocycles.